The lowest BCUT2D eigenvalue weighted by Crippen LogP contribution is -2.86. The molecule has 20 heavy (non-hydrogen) atoms. The van der Waals surface area contributed by atoms with Crippen LogP contribution in [0.5, 0.6) is 0 Å². The Hall–Kier alpha value is -1.84. The van der Waals surface area contributed by atoms with E-state index >= 15 is 0 Å². The van der Waals surface area contributed by atoms with Gasteiger partial charge in [-0.3, -0.25) is 4.79 Å². The zero-order valence-corrected chi connectivity index (χ0v) is 12.1. The van der Waals surface area contributed by atoms with Crippen LogP contribution in [-0.4, -0.2) is 12.5 Å². The van der Waals surface area contributed by atoms with Gasteiger partial charge in [-0.25, -0.2) is 0 Å². The molecule has 0 saturated heterocycles. The van der Waals surface area contributed by atoms with Crippen molar-refractivity contribution in [3.05, 3.63) is 65.2 Å². The molecule has 1 amide bonds. The second-order valence-electron chi connectivity index (χ2n) is 4.70. The number of hydrogen-bond donors (Lipinski definition) is 2. The number of amides is 1. The molecule has 0 aromatic heterocycles. The Morgan fingerprint density at radius 1 is 1.20 bits per heavy atom. The lowest BCUT2D eigenvalue weighted by Gasteiger charge is -2.11. The van der Waals surface area contributed by atoms with Gasteiger partial charge in [0.2, 0.25) is 0 Å². The summed E-state index contributed by atoms with van der Waals surface area (Å²) in [6.07, 6.45) is 0. The van der Waals surface area contributed by atoms with Crippen molar-refractivity contribution < 1.29 is 10.1 Å². The summed E-state index contributed by atoms with van der Waals surface area (Å²) in [5, 5.41) is 5.46. The van der Waals surface area contributed by atoms with Crippen molar-refractivity contribution >= 4 is 23.2 Å². The summed E-state index contributed by atoms with van der Waals surface area (Å²) < 4.78 is 0. The predicted molar refractivity (Wildman–Crippen MR) is 81.7 cm³/mol. The Bertz CT molecular complexity index is 572. The lowest BCUT2D eigenvalue weighted by atomic mass is 10.1. The first kappa shape index (κ1) is 14.6. The number of nitrogens with one attached hydrogen (secondary N) is 1. The molecule has 0 saturated carbocycles. The second-order valence-corrected chi connectivity index (χ2v) is 5.13. The third kappa shape index (κ3) is 4.37. The molecule has 3 nitrogen and oxygen atoms in total. The number of carbonyl (C=O) groups excluding carboxylic acids is 1. The summed E-state index contributed by atoms with van der Waals surface area (Å²) in [7, 11) is 0. The van der Waals surface area contributed by atoms with E-state index in [0.717, 1.165) is 5.69 Å². The van der Waals surface area contributed by atoms with Gasteiger partial charge < -0.3 is 10.6 Å². The van der Waals surface area contributed by atoms with E-state index in [9.17, 15) is 4.79 Å². The first-order valence-electron chi connectivity index (χ1n) is 6.59. The van der Waals surface area contributed by atoms with E-state index in [1.807, 2.05) is 35.6 Å². The summed E-state index contributed by atoms with van der Waals surface area (Å²) in [4.78, 5) is 11.9. The van der Waals surface area contributed by atoms with Crippen LogP contribution in [0.4, 0.5) is 5.69 Å². The fourth-order valence-corrected chi connectivity index (χ4v) is 2.15. The number of carbonyl (C=O) groups is 1. The number of anilines is 1. The maximum atomic E-state index is 11.9. The highest BCUT2D eigenvalue weighted by Gasteiger charge is 2.11. The van der Waals surface area contributed by atoms with Gasteiger partial charge in [-0.1, -0.05) is 48.0 Å². The van der Waals surface area contributed by atoms with Gasteiger partial charge in [-0.15, -0.1) is 0 Å². The summed E-state index contributed by atoms with van der Waals surface area (Å²) >= 11 is 5.88. The van der Waals surface area contributed by atoms with E-state index in [2.05, 4.69) is 24.4 Å². The highest BCUT2D eigenvalue weighted by atomic mass is 35.5. The molecule has 0 bridgehead atoms. The van der Waals surface area contributed by atoms with Crippen LogP contribution in [0.15, 0.2) is 54.6 Å². The van der Waals surface area contributed by atoms with Crippen LogP contribution < -0.4 is 10.6 Å². The number of rotatable bonds is 5. The standard InChI is InChI=1S/C16H17ClN2O/c1-12(13-6-3-2-4-7-13)18-11-16(20)19-15-9-5-8-14(17)10-15/h2-10,12,18H,11H2,1H3,(H,19,20)/p+1/t12-/m0/s1. The molecule has 104 valence electrons. The molecule has 0 fully saturated rings. The number of nitrogens with two attached hydrogens (primary N) is 1. The number of halogens is 1. The van der Waals surface area contributed by atoms with Crippen LogP contribution in [0, 0.1) is 0 Å². The van der Waals surface area contributed by atoms with E-state index in [1.54, 1.807) is 12.1 Å². The zero-order valence-electron chi connectivity index (χ0n) is 11.3. The van der Waals surface area contributed by atoms with Crippen LogP contribution in [0.1, 0.15) is 18.5 Å². The Morgan fingerprint density at radius 3 is 2.65 bits per heavy atom. The van der Waals surface area contributed by atoms with Crippen molar-refractivity contribution in [3.8, 4) is 0 Å². The van der Waals surface area contributed by atoms with Gasteiger partial charge >= 0.3 is 0 Å². The first-order chi connectivity index (χ1) is 9.65. The molecule has 2 aromatic rings. The number of hydrogen-bond acceptors (Lipinski definition) is 1. The van der Waals surface area contributed by atoms with Crippen LogP contribution in [0.3, 0.4) is 0 Å². The average Bonchev–Trinajstić information content (AvgIpc) is 2.46. The third-order valence-corrected chi connectivity index (χ3v) is 3.33. The summed E-state index contributed by atoms with van der Waals surface area (Å²) in [5.74, 6) is -0.0324. The minimum absolute atomic E-state index is 0.0324. The molecule has 0 spiro atoms. The molecule has 0 unspecified atom stereocenters. The second kappa shape index (κ2) is 7.08. The zero-order chi connectivity index (χ0) is 14.4. The normalized spacial score (nSPS) is 11.9. The SMILES string of the molecule is C[C@H]([NH2+]CC(=O)Nc1cccc(Cl)c1)c1ccccc1. The highest BCUT2D eigenvalue weighted by Crippen LogP contribution is 2.14. The largest absolute Gasteiger partial charge is 0.333 e. The Morgan fingerprint density at radius 2 is 1.95 bits per heavy atom. The molecule has 0 aliphatic carbocycles. The fourth-order valence-electron chi connectivity index (χ4n) is 1.95. The van der Waals surface area contributed by atoms with E-state index in [4.69, 9.17) is 11.6 Å². The number of benzene rings is 2. The van der Waals surface area contributed by atoms with Crippen molar-refractivity contribution in [1.82, 2.24) is 0 Å². The first-order valence-corrected chi connectivity index (χ1v) is 6.96. The third-order valence-electron chi connectivity index (χ3n) is 3.09. The van der Waals surface area contributed by atoms with Crippen LogP contribution in [0.25, 0.3) is 0 Å². The van der Waals surface area contributed by atoms with E-state index in [0.29, 0.717) is 11.6 Å². The van der Waals surface area contributed by atoms with Crippen molar-refractivity contribution in [1.29, 1.82) is 0 Å². The maximum absolute atomic E-state index is 11.9. The molecular weight excluding hydrogens is 272 g/mol. The van der Waals surface area contributed by atoms with Crippen molar-refractivity contribution in [2.75, 3.05) is 11.9 Å². The Balaban J connectivity index is 1.83. The van der Waals surface area contributed by atoms with Crippen LogP contribution in [0.2, 0.25) is 5.02 Å². The predicted octanol–water partition coefficient (Wildman–Crippen LogP) is 2.60. The molecule has 2 aromatic carbocycles. The summed E-state index contributed by atoms with van der Waals surface area (Å²) in [6, 6.07) is 17.5. The molecule has 0 radical (unpaired) electrons. The summed E-state index contributed by atoms with van der Waals surface area (Å²) in [5.41, 5.74) is 1.94. The molecule has 0 heterocycles. The topological polar surface area (TPSA) is 45.7 Å². The molecule has 0 aliphatic rings. The van der Waals surface area contributed by atoms with E-state index < -0.39 is 0 Å². The quantitative estimate of drug-likeness (QED) is 0.873. The van der Waals surface area contributed by atoms with E-state index in [-0.39, 0.29) is 11.9 Å². The van der Waals surface area contributed by atoms with Crippen molar-refractivity contribution in [2.45, 2.75) is 13.0 Å². The van der Waals surface area contributed by atoms with Gasteiger partial charge in [-0.05, 0) is 25.1 Å². The molecule has 0 aliphatic heterocycles. The minimum Gasteiger partial charge on any atom is -0.333 e. The van der Waals surface area contributed by atoms with Gasteiger partial charge in [0, 0.05) is 16.3 Å². The summed E-state index contributed by atoms with van der Waals surface area (Å²) in [6.45, 7) is 2.46. The van der Waals surface area contributed by atoms with Crippen molar-refractivity contribution in [3.63, 3.8) is 0 Å². The van der Waals surface area contributed by atoms with Gasteiger partial charge in [0.25, 0.3) is 5.91 Å². The molecule has 1 atom stereocenters. The van der Waals surface area contributed by atoms with E-state index in [1.165, 1.54) is 5.56 Å². The molecule has 3 N–H and O–H groups in total. The monoisotopic (exact) mass is 289 g/mol. The smallest absolute Gasteiger partial charge is 0.279 e. The van der Waals surface area contributed by atoms with Crippen LogP contribution >= 0.6 is 11.6 Å². The molecule has 2 rings (SSSR count). The maximum Gasteiger partial charge on any atom is 0.279 e. The molecular formula is C16H18ClN2O+. The van der Waals surface area contributed by atoms with Gasteiger partial charge in [0.1, 0.15) is 6.04 Å². The van der Waals surface area contributed by atoms with Crippen LogP contribution in [-0.2, 0) is 4.79 Å². The Labute approximate surface area is 124 Å². The Kier molecular flexibility index (Phi) is 5.16. The number of quaternary nitrogens is 1. The fraction of sp³-hybridized carbons (Fsp3) is 0.188. The van der Waals surface area contributed by atoms with Gasteiger partial charge in [0.15, 0.2) is 6.54 Å². The average molecular weight is 290 g/mol. The highest BCUT2D eigenvalue weighted by molar-refractivity contribution is 6.30. The molecule has 4 heteroatoms. The van der Waals surface area contributed by atoms with Gasteiger partial charge in [0.05, 0.1) is 0 Å². The van der Waals surface area contributed by atoms with Crippen molar-refractivity contribution in [2.24, 2.45) is 0 Å². The lowest BCUT2D eigenvalue weighted by molar-refractivity contribution is -0.682. The minimum atomic E-state index is -0.0324. The van der Waals surface area contributed by atoms with Gasteiger partial charge in [-0.2, -0.15) is 0 Å².